The highest BCUT2D eigenvalue weighted by Gasteiger charge is 2.29. The van der Waals surface area contributed by atoms with Crippen LogP contribution in [-0.2, 0) is 0 Å². The van der Waals surface area contributed by atoms with Gasteiger partial charge < -0.3 is 14.4 Å². The van der Waals surface area contributed by atoms with E-state index in [1.54, 1.807) is 19.5 Å². The van der Waals surface area contributed by atoms with Gasteiger partial charge in [-0.15, -0.1) is 0 Å². The van der Waals surface area contributed by atoms with Crippen molar-refractivity contribution in [2.24, 2.45) is 0 Å². The van der Waals surface area contributed by atoms with Crippen molar-refractivity contribution in [1.29, 1.82) is 0 Å². The lowest BCUT2D eigenvalue weighted by Gasteiger charge is -2.18. The summed E-state index contributed by atoms with van der Waals surface area (Å²) in [4.78, 5) is 19.6. The van der Waals surface area contributed by atoms with Crippen LogP contribution in [-0.4, -0.2) is 46.2 Å². The van der Waals surface area contributed by atoms with E-state index in [0.717, 1.165) is 31.2 Å². The molecule has 120 valence electrons. The molecular weight excluding hydrogens is 294 g/mol. The van der Waals surface area contributed by atoms with Crippen molar-refractivity contribution in [2.45, 2.75) is 31.3 Å². The van der Waals surface area contributed by atoms with E-state index >= 15 is 0 Å². The summed E-state index contributed by atoms with van der Waals surface area (Å²) >= 11 is 0. The van der Waals surface area contributed by atoms with Gasteiger partial charge in [-0.05, 0) is 18.9 Å². The van der Waals surface area contributed by atoms with E-state index in [2.05, 4.69) is 19.9 Å². The maximum Gasteiger partial charge on any atom is 0.316 e. The minimum absolute atomic E-state index is 0.0720. The van der Waals surface area contributed by atoms with Gasteiger partial charge in [0.25, 0.3) is 0 Å². The first kappa shape index (κ1) is 14.2. The number of rotatable bonds is 5. The second kappa shape index (κ2) is 5.98. The maximum atomic E-state index is 5.85. The van der Waals surface area contributed by atoms with Crippen molar-refractivity contribution in [2.75, 3.05) is 25.1 Å². The number of anilines is 1. The molecule has 1 atom stereocenters. The van der Waals surface area contributed by atoms with Crippen LogP contribution < -0.4 is 14.4 Å². The molecule has 0 radical (unpaired) electrons. The lowest BCUT2D eigenvalue weighted by Crippen LogP contribution is -2.26. The van der Waals surface area contributed by atoms with Crippen LogP contribution in [0.4, 0.5) is 5.82 Å². The lowest BCUT2D eigenvalue weighted by molar-refractivity contribution is 0.205. The molecule has 1 saturated carbocycles. The molecule has 2 aliphatic rings. The SMILES string of the molecule is COc1cnc(OC2CCN(c3ccnc(C4CC4)n3)C2)nc1. The summed E-state index contributed by atoms with van der Waals surface area (Å²) in [7, 11) is 1.59. The molecule has 2 aromatic heterocycles. The summed E-state index contributed by atoms with van der Waals surface area (Å²) in [5.41, 5.74) is 0. The fraction of sp³-hybridized carbons (Fsp3) is 0.500. The highest BCUT2D eigenvalue weighted by atomic mass is 16.5. The molecule has 1 aliphatic carbocycles. The standard InChI is InChI=1S/C16H19N5O2/c1-22-13-8-18-16(19-9-13)23-12-5-7-21(10-12)14-4-6-17-15(20-14)11-2-3-11/h4,6,8-9,11-12H,2-3,5,7,10H2,1H3. The molecule has 3 heterocycles. The molecule has 7 nitrogen and oxygen atoms in total. The van der Waals surface area contributed by atoms with E-state index in [0.29, 0.717) is 17.7 Å². The van der Waals surface area contributed by atoms with Crippen LogP contribution in [0.5, 0.6) is 11.8 Å². The zero-order valence-electron chi connectivity index (χ0n) is 13.1. The molecule has 0 N–H and O–H groups in total. The van der Waals surface area contributed by atoms with Gasteiger partial charge in [-0.25, -0.2) is 9.97 Å². The first-order chi connectivity index (χ1) is 11.3. The summed E-state index contributed by atoms with van der Waals surface area (Å²) < 4.78 is 10.9. The molecule has 1 unspecified atom stereocenters. The molecule has 0 aromatic carbocycles. The van der Waals surface area contributed by atoms with E-state index in [4.69, 9.17) is 14.5 Å². The van der Waals surface area contributed by atoms with Gasteiger partial charge in [-0.2, -0.15) is 9.97 Å². The van der Waals surface area contributed by atoms with E-state index in [-0.39, 0.29) is 6.10 Å². The van der Waals surface area contributed by atoms with E-state index in [1.807, 2.05) is 12.3 Å². The van der Waals surface area contributed by atoms with Crippen molar-refractivity contribution in [1.82, 2.24) is 19.9 Å². The Morgan fingerprint density at radius 2 is 1.96 bits per heavy atom. The minimum atomic E-state index is 0.0720. The molecule has 1 saturated heterocycles. The Labute approximate surface area is 134 Å². The first-order valence-electron chi connectivity index (χ1n) is 7.92. The molecule has 1 aliphatic heterocycles. The maximum absolute atomic E-state index is 5.85. The zero-order chi connectivity index (χ0) is 15.6. The number of methoxy groups -OCH3 is 1. The van der Waals surface area contributed by atoms with Crippen LogP contribution >= 0.6 is 0 Å². The van der Waals surface area contributed by atoms with E-state index in [9.17, 15) is 0 Å². The number of hydrogen-bond donors (Lipinski definition) is 0. The van der Waals surface area contributed by atoms with Crippen LogP contribution in [0, 0.1) is 0 Å². The average molecular weight is 313 g/mol. The van der Waals surface area contributed by atoms with Gasteiger partial charge in [0.05, 0.1) is 26.0 Å². The van der Waals surface area contributed by atoms with Crippen LogP contribution in [0.3, 0.4) is 0 Å². The third-order valence-corrected chi connectivity index (χ3v) is 4.18. The highest BCUT2D eigenvalue weighted by molar-refractivity contribution is 5.39. The van der Waals surface area contributed by atoms with Gasteiger partial charge in [0.2, 0.25) is 0 Å². The zero-order valence-corrected chi connectivity index (χ0v) is 13.1. The molecule has 0 spiro atoms. The van der Waals surface area contributed by atoms with Crippen LogP contribution in [0.2, 0.25) is 0 Å². The average Bonchev–Trinajstić information content (AvgIpc) is 3.35. The van der Waals surface area contributed by atoms with Crippen molar-refractivity contribution < 1.29 is 9.47 Å². The number of nitrogens with zero attached hydrogens (tertiary/aromatic N) is 5. The number of ether oxygens (including phenoxy) is 2. The fourth-order valence-corrected chi connectivity index (χ4v) is 2.73. The van der Waals surface area contributed by atoms with Crippen molar-refractivity contribution in [3.05, 3.63) is 30.5 Å². The molecular formula is C16H19N5O2. The predicted molar refractivity (Wildman–Crippen MR) is 83.8 cm³/mol. The van der Waals surface area contributed by atoms with Gasteiger partial charge in [-0.1, -0.05) is 0 Å². The highest BCUT2D eigenvalue weighted by Crippen LogP contribution is 2.38. The van der Waals surface area contributed by atoms with Gasteiger partial charge >= 0.3 is 6.01 Å². The van der Waals surface area contributed by atoms with Crippen molar-refractivity contribution in [3.63, 3.8) is 0 Å². The fourth-order valence-electron chi connectivity index (χ4n) is 2.73. The summed E-state index contributed by atoms with van der Waals surface area (Å²) in [6.07, 6.45) is 8.51. The topological polar surface area (TPSA) is 73.3 Å². The van der Waals surface area contributed by atoms with Crippen LogP contribution in [0.25, 0.3) is 0 Å². The Kier molecular flexibility index (Phi) is 3.69. The molecule has 23 heavy (non-hydrogen) atoms. The molecule has 4 rings (SSSR count). The third kappa shape index (κ3) is 3.18. The first-order valence-corrected chi connectivity index (χ1v) is 7.92. The van der Waals surface area contributed by atoms with Gasteiger partial charge in [0, 0.05) is 25.1 Å². The van der Waals surface area contributed by atoms with Crippen molar-refractivity contribution in [3.8, 4) is 11.8 Å². The second-order valence-electron chi connectivity index (χ2n) is 5.93. The summed E-state index contributed by atoms with van der Waals surface area (Å²) in [6.45, 7) is 1.71. The summed E-state index contributed by atoms with van der Waals surface area (Å²) in [6, 6.07) is 2.36. The quantitative estimate of drug-likeness (QED) is 0.833. The van der Waals surface area contributed by atoms with Gasteiger partial charge in [0.1, 0.15) is 17.7 Å². The molecule has 0 bridgehead atoms. The van der Waals surface area contributed by atoms with Crippen LogP contribution in [0.15, 0.2) is 24.7 Å². The third-order valence-electron chi connectivity index (χ3n) is 4.18. The summed E-state index contributed by atoms with van der Waals surface area (Å²) in [5, 5.41) is 0. The van der Waals surface area contributed by atoms with E-state index in [1.165, 1.54) is 12.8 Å². The van der Waals surface area contributed by atoms with Gasteiger partial charge in [-0.3, -0.25) is 0 Å². The van der Waals surface area contributed by atoms with Crippen LogP contribution in [0.1, 0.15) is 31.0 Å². The Balaban J connectivity index is 1.39. The minimum Gasteiger partial charge on any atom is -0.494 e. The van der Waals surface area contributed by atoms with Gasteiger partial charge in [0.15, 0.2) is 5.75 Å². The summed E-state index contributed by atoms with van der Waals surface area (Å²) in [5.74, 6) is 3.16. The largest absolute Gasteiger partial charge is 0.494 e. The van der Waals surface area contributed by atoms with Crippen molar-refractivity contribution >= 4 is 5.82 Å². The number of hydrogen-bond acceptors (Lipinski definition) is 7. The smallest absolute Gasteiger partial charge is 0.316 e. The molecule has 2 fully saturated rings. The normalized spacial score (nSPS) is 20.6. The monoisotopic (exact) mass is 313 g/mol. The Morgan fingerprint density at radius 3 is 2.70 bits per heavy atom. The second-order valence-corrected chi connectivity index (χ2v) is 5.93. The Hall–Kier alpha value is -2.44. The Bertz CT molecular complexity index is 674. The Morgan fingerprint density at radius 1 is 1.13 bits per heavy atom. The number of aromatic nitrogens is 4. The molecule has 2 aromatic rings. The van der Waals surface area contributed by atoms with E-state index < -0.39 is 0 Å². The molecule has 7 heteroatoms. The predicted octanol–water partition coefficient (Wildman–Crippen LogP) is 1.81. The molecule has 0 amide bonds. The lowest BCUT2D eigenvalue weighted by atomic mass is 10.3.